The Kier molecular flexibility index (Phi) is 12.4. The van der Waals surface area contributed by atoms with E-state index in [1.807, 2.05) is 31.2 Å². The minimum absolute atomic E-state index is 0.316. The van der Waals surface area contributed by atoms with E-state index < -0.39 is 0 Å². The molecule has 0 saturated heterocycles. The molecular weight excluding hydrogens is 292 g/mol. The molecule has 0 aliphatic carbocycles. The maximum absolute atomic E-state index is 12.2. The Hall–Kier alpha value is -1.11. The maximum Gasteiger partial charge on any atom is 0.163 e. The molecule has 0 aliphatic heterocycles. The van der Waals surface area contributed by atoms with Gasteiger partial charge < -0.3 is 0 Å². The lowest BCUT2D eigenvalue weighted by atomic mass is 9.99. The van der Waals surface area contributed by atoms with E-state index in [1.165, 1.54) is 77.0 Å². The van der Waals surface area contributed by atoms with Crippen LogP contribution in [0.15, 0.2) is 24.3 Å². The topological polar surface area (TPSA) is 17.1 Å². The van der Waals surface area contributed by atoms with Crippen LogP contribution in [0.5, 0.6) is 0 Å². The van der Waals surface area contributed by atoms with Crippen molar-refractivity contribution >= 4 is 5.78 Å². The standard InChI is InChI=1S/C23H38O/c1-3-4-5-6-7-8-9-10-11-12-13-14-15-20-23(24)22-19-17-16-18-21(22)2/h16-19H,3-15,20H2,1-2H3. The summed E-state index contributed by atoms with van der Waals surface area (Å²) in [7, 11) is 0. The zero-order valence-corrected chi connectivity index (χ0v) is 16.1. The number of ketones is 1. The minimum Gasteiger partial charge on any atom is -0.294 e. The highest BCUT2D eigenvalue weighted by Gasteiger charge is 2.07. The minimum atomic E-state index is 0.316. The van der Waals surface area contributed by atoms with E-state index in [4.69, 9.17) is 0 Å². The lowest BCUT2D eigenvalue weighted by molar-refractivity contribution is 0.0978. The van der Waals surface area contributed by atoms with Crippen molar-refractivity contribution in [1.82, 2.24) is 0 Å². The van der Waals surface area contributed by atoms with Gasteiger partial charge >= 0.3 is 0 Å². The van der Waals surface area contributed by atoms with Crippen LogP contribution in [-0.4, -0.2) is 5.78 Å². The van der Waals surface area contributed by atoms with Crippen LogP contribution in [0.25, 0.3) is 0 Å². The van der Waals surface area contributed by atoms with Crippen LogP contribution in [0, 0.1) is 6.92 Å². The average Bonchev–Trinajstić information content (AvgIpc) is 2.59. The van der Waals surface area contributed by atoms with Crippen LogP contribution < -0.4 is 0 Å². The van der Waals surface area contributed by atoms with E-state index in [2.05, 4.69) is 6.92 Å². The van der Waals surface area contributed by atoms with Crippen LogP contribution >= 0.6 is 0 Å². The molecule has 1 aromatic rings. The molecule has 0 aliphatic rings. The fraction of sp³-hybridized carbons (Fsp3) is 0.696. The number of Topliss-reactive ketones (excluding diaryl/α,β-unsaturated/α-hetero) is 1. The third kappa shape index (κ3) is 9.90. The Balaban J connectivity index is 1.89. The highest BCUT2D eigenvalue weighted by atomic mass is 16.1. The number of unbranched alkanes of at least 4 members (excludes halogenated alkanes) is 12. The van der Waals surface area contributed by atoms with Crippen molar-refractivity contribution < 1.29 is 4.79 Å². The number of carbonyl (C=O) groups is 1. The SMILES string of the molecule is CCCCCCCCCCCCCCCC(=O)c1ccccc1C. The van der Waals surface area contributed by atoms with Gasteiger partial charge in [-0.15, -0.1) is 0 Å². The summed E-state index contributed by atoms with van der Waals surface area (Å²) in [6.45, 7) is 4.30. The molecule has 0 saturated carbocycles. The van der Waals surface area contributed by atoms with Gasteiger partial charge in [-0.1, -0.05) is 108 Å². The van der Waals surface area contributed by atoms with Gasteiger partial charge in [0.25, 0.3) is 0 Å². The van der Waals surface area contributed by atoms with E-state index in [0.29, 0.717) is 12.2 Å². The van der Waals surface area contributed by atoms with Crippen molar-refractivity contribution in [2.24, 2.45) is 0 Å². The first-order chi connectivity index (χ1) is 11.8. The van der Waals surface area contributed by atoms with Crippen molar-refractivity contribution in [2.75, 3.05) is 0 Å². The number of benzene rings is 1. The third-order valence-electron chi connectivity index (χ3n) is 4.95. The number of aryl methyl sites for hydroxylation is 1. The summed E-state index contributed by atoms with van der Waals surface area (Å²) in [5.74, 6) is 0.316. The number of rotatable bonds is 15. The van der Waals surface area contributed by atoms with Gasteiger partial charge in [0.2, 0.25) is 0 Å². The second kappa shape index (κ2) is 14.3. The van der Waals surface area contributed by atoms with E-state index >= 15 is 0 Å². The van der Waals surface area contributed by atoms with E-state index in [9.17, 15) is 4.79 Å². The molecule has 0 aromatic heterocycles. The molecule has 136 valence electrons. The fourth-order valence-electron chi connectivity index (χ4n) is 3.32. The Morgan fingerprint density at radius 1 is 0.708 bits per heavy atom. The second-order valence-electron chi connectivity index (χ2n) is 7.23. The molecule has 24 heavy (non-hydrogen) atoms. The van der Waals surface area contributed by atoms with Crippen LogP contribution in [0.3, 0.4) is 0 Å². The molecule has 0 radical (unpaired) electrons. The van der Waals surface area contributed by atoms with Crippen LogP contribution in [0.2, 0.25) is 0 Å². The van der Waals surface area contributed by atoms with Gasteiger partial charge in [0, 0.05) is 12.0 Å². The van der Waals surface area contributed by atoms with Crippen molar-refractivity contribution in [3.63, 3.8) is 0 Å². The zero-order valence-electron chi connectivity index (χ0n) is 16.1. The highest BCUT2D eigenvalue weighted by Crippen LogP contribution is 2.15. The van der Waals surface area contributed by atoms with Crippen molar-refractivity contribution in [2.45, 2.75) is 104 Å². The molecule has 0 N–H and O–H groups in total. The van der Waals surface area contributed by atoms with E-state index in [0.717, 1.165) is 17.5 Å². The first kappa shape index (κ1) is 20.9. The van der Waals surface area contributed by atoms with Crippen molar-refractivity contribution in [1.29, 1.82) is 0 Å². The van der Waals surface area contributed by atoms with Crippen LogP contribution in [0.1, 0.15) is 113 Å². The first-order valence-corrected chi connectivity index (χ1v) is 10.3. The molecule has 1 rings (SSSR count). The van der Waals surface area contributed by atoms with Gasteiger partial charge in [0.05, 0.1) is 0 Å². The van der Waals surface area contributed by atoms with E-state index in [-0.39, 0.29) is 0 Å². The van der Waals surface area contributed by atoms with Gasteiger partial charge in [-0.3, -0.25) is 4.79 Å². The Labute approximate surface area is 150 Å². The fourth-order valence-corrected chi connectivity index (χ4v) is 3.32. The summed E-state index contributed by atoms with van der Waals surface area (Å²) in [6, 6.07) is 7.94. The lowest BCUT2D eigenvalue weighted by Crippen LogP contribution is -2.01. The summed E-state index contributed by atoms with van der Waals surface area (Å²) in [5.41, 5.74) is 2.02. The molecule has 1 heteroatoms. The maximum atomic E-state index is 12.2. The lowest BCUT2D eigenvalue weighted by Gasteiger charge is -2.05. The molecule has 0 heterocycles. The molecule has 0 unspecified atom stereocenters. The molecule has 0 bridgehead atoms. The highest BCUT2D eigenvalue weighted by molar-refractivity contribution is 5.97. The summed E-state index contributed by atoms with van der Waals surface area (Å²) in [6.07, 6.45) is 18.3. The zero-order chi connectivity index (χ0) is 17.5. The normalized spacial score (nSPS) is 10.9. The Bertz CT molecular complexity index is 435. The molecule has 0 fully saturated rings. The molecule has 0 atom stereocenters. The summed E-state index contributed by atoms with van der Waals surface area (Å²) in [4.78, 5) is 12.2. The molecule has 0 amide bonds. The van der Waals surface area contributed by atoms with Crippen LogP contribution in [-0.2, 0) is 0 Å². The van der Waals surface area contributed by atoms with E-state index in [1.54, 1.807) is 0 Å². The summed E-state index contributed by atoms with van der Waals surface area (Å²) < 4.78 is 0. The number of hydrogen-bond acceptors (Lipinski definition) is 1. The van der Waals surface area contributed by atoms with Crippen molar-refractivity contribution in [3.8, 4) is 0 Å². The predicted molar refractivity (Wildman–Crippen MR) is 106 cm³/mol. The summed E-state index contributed by atoms with van der Waals surface area (Å²) >= 11 is 0. The second-order valence-corrected chi connectivity index (χ2v) is 7.23. The van der Waals surface area contributed by atoms with Gasteiger partial charge in [0.1, 0.15) is 0 Å². The number of carbonyl (C=O) groups excluding carboxylic acids is 1. The molecule has 0 spiro atoms. The predicted octanol–water partition coefficient (Wildman–Crippen LogP) is 7.66. The van der Waals surface area contributed by atoms with Gasteiger partial charge in [0.15, 0.2) is 5.78 Å². The monoisotopic (exact) mass is 330 g/mol. The van der Waals surface area contributed by atoms with Crippen molar-refractivity contribution in [3.05, 3.63) is 35.4 Å². The number of hydrogen-bond donors (Lipinski definition) is 0. The Morgan fingerprint density at radius 3 is 1.67 bits per heavy atom. The molecular formula is C23H38O. The smallest absolute Gasteiger partial charge is 0.163 e. The van der Waals surface area contributed by atoms with Gasteiger partial charge in [-0.25, -0.2) is 0 Å². The molecule has 1 nitrogen and oxygen atoms in total. The van der Waals surface area contributed by atoms with Gasteiger partial charge in [-0.2, -0.15) is 0 Å². The third-order valence-corrected chi connectivity index (χ3v) is 4.95. The largest absolute Gasteiger partial charge is 0.294 e. The molecule has 1 aromatic carbocycles. The quantitative estimate of drug-likeness (QED) is 0.238. The first-order valence-electron chi connectivity index (χ1n) is 10.3. The summed E-state index contributed by atoms with van der Waals surface area (Å²) in [5, 5.41) is 0. The van der Waals surface area contributed by atoms with Crippen LogP contribution in [0.4, 0.5) is 0 Å². The van der Waals surface area contributed by atoms with Gasteiger partial charge in [-0.05, 0) is 18.9 Å². The average molecular weight is 331 g/mol. The Morgan fingerprint density at radius 2 is 1.17 bits per heavy atom.